The van der Waals surface area contributed by atoms with Crippen molar-refractivity contribution in [2.75, 3.05) is 55.6 Å². The second-order valence-corrected chi connectivity index (χ2v) is 10.6. The van der Waals surface area contributed by atoms with E-state index in [9.17, 15) is 14.4 Å². The molecule has 188 valence electrons. The third-order valence-electron chi connectivity index (χ3n) is 8.12. The summed E-state index contributed by atoms with van der Waals surface area (Å²) in [6.45, 7) is 9.98. The molecule has 2 aromatic carbocycles. The maximum Gasteiger partial charge on any atom is 0.255 e. The van der Waals surface area contributed by atoms with Crippen molar-refractivity contribution in [2.45, 2.75) is 32.4 Å². The Morgan fingerprint density at radius 1 is 0.889 bits per heavy atom. The number of hydrogen-bond donors (Lipinski definition) is 1. The number of nitrogens with zero attached hydrogens (tertiary/aromatic N) is 4. The first kappa shape index (κ1) is 23.0. The highest BCUT2D eigenvalue weighted by molar-refractivity contribution is 6.05. The summed E-state index contributed by atoms with van der Waals surface area (Å²) >= 11 is 0. The van der Waals surface area contributed by atoms with Crippen molar-refractivity contribution in [1.82, 2.24) is 15.1 Å². The van der Waals surface area contributed by atoms with Crippen LogP contribution in [-0.2, 0) is 16.1 Å². The number of piperidine rings is 1. The largest absolute Gasteiger partial charge is 0.371 e. The van der Waals surface area contributed by atoms with Gasteiger partial charge in [0.15, 0.2) is 0 Å². The topological polar surface area (TPSA) is 76.2 Å². The third-order valence-corrected chi connectivity index (χ3v) is 8.12. The minimum absolute atomic E-state index is 0.115. The molecule has 1 unspecified atom stereocenters. The van der Waals surface area contributed by atoms with Crippen molar-refractivity contribution < 1.29 is 14.4 Å². The summed E-state index contributed by atoms with van der Waals surface area (Å²) in [7, 11) is 0. The van der Waals surface area contributed by atoms with Crippen LogP contribution >= 0.6 is 0 Å². The molecule has 36 heavy (non-hydrogen) atoms. The minimum Gasteiger partial charge on any atom is -0.371 e. The van der Waals surface area contributed by atoms with Crippen molar-refractivity contribution in [3.63, 3.8) is 0 Å². The van der Waals surface area contributed by atoms with Gasteiger partial charge in [-0.25, -0.2) is 0 Å². The van der Waals surface area contributed by atoms with E-state index >= 15 is 0 Å². The van der Waals surface area contributed by atoms with Crippen LogP contribution in [0.2, 0.25) is 0 Å². The fourth-order valence-corrected chi connectivity index (χ4v) is 5.96. The van der Waals surface area contributed by atoms with Crippen molar-refractivity contribution >= 4 is 29.1 Å². The molecule has 0 aromatic heterocycles. The molecule has 0 saturated carbocycles. The Bertz CT molecular complexity index is 1180. The van der Waals surface area contributed by atoms with Crippen LogP contribution in [0.4, 0.5) is 11.4 Å². The van der Waals surface area contributed by atoms with Crippen LogP contribution < -0.4 is 15.1 Å². The molecule has 0 bridgehead atoms. The van der Waals surface area contributed by atoms with E-state index in [1.165, 1.54) is 11.3 Å². The number of anilines is 2. The van der Waals surface area contributed by atoms with Crippen LogP contribution in [0.25, 0.3) is 0 Å². The fourth-order valence-electron chi connectivity index (χ4n) is 5.96. The molecule has 1 N–H and O–H groups in total. The van der Waals surface area contributed by atoms with Crippen molar-refractivity contribution in [3.8, 4) is 0 Å². The zero-order valence-corrected chi connectivity index (χ0v) is 20.8. The molecule has 3 fully saturated rings. The third kappa shape index (κ3) is 4.34. The SMILES string of the molecule is Cc1ccc(N2CC(CN3CCN(c4ccc5c(c4)CN(C4CCC(=O)NC4=O)C5=O)CC3)C2)cc1. The van der Waals surface area contributed by atoms with Crippen molar-refractivity contribution in [3.05, 3.63) is 59.2 Å². The molecule has 2 aromatic rings. The number of hydrogen-bond acceptors (Lipinski definition) is 6. The number of carbonyl (C=O) groups is 3. The Labute approximate surface area is 211 Å². The number of fused-ring (bicyclic) bond motifs is 1. The molecular weight excluding hydrogens is 454 g/mol. The lowest BCUT2D eigenvalue weighted by atomic mass is 9.98. The van der Waals surface area contributed by atoms with Gasteiger partial charge in [0.05, 0.1) is 0 Å². The standard InChI is InChI=1S/C28H33N5O3/c1-19-2-4-22(5-3-19)32-16-20(17-32)15-30-10-12-31(13-11-30)23-6-7-24-21(14-23)18-33(28(24)36)25-8-9-26(34)29-27(25)35/h2-7,14,20,25H,8-13,15-18H2,1H3,(H,29,34,35). The molecule has 1 atom stereocenters. The monoisotopic (exact) mass is 487 g/mol. The number of amides is 3. The Balaban J connectivity index is 1.01. The fraction of sp³-hybridized carbons (Fsp3) is 0.464. The Morgan fingerprint density at radius 2 is 1.61 bits per heavy atom. The van der Waals surface area contributed by atoms with Gasteiger partial charge in [-0.3, -0.25) is 24.6 Å². The van der Waals surface area contributed by atoms with E-state index in [1.807, 2.05) is 12.1 Å². The lowest BCUT2D eigenvalue weighted by Gasteiger charge is -2.45. The number of imide groups is 1. The van der Waals surface area contributed by atoms with Crippen LogP contribution in [-0.4, -0.2) is 79.4 Å². The van der Waals surface area contributed by atoms with Crippen LogP contribution in [0.15, 0.2) is 42.5 Å². The van der Waals surface area contributed by atoms with Gasteiger partial charge in [0.1, 0.15) is 6.04 Å². The smallest absolute Gasteiger partial charge is 0.255 e. The van der Waals surface area contributed by atoms with Crippen molar-refractivity contribution in [1.29, 1.82) is 0 Å². The van der Waals surface area contributed by atoms with Gasteiger partial charge in [0.25, 0.3) is 5.91 Å². The quantitative estimate of drug-likeness (QED) is 0.651. The zero-order valence-electron chi connectivity index (χ0n) is 20.8. The van der Waals surface area contributed by atoms with Crippen LogP contribution in [0.5, 0.6) is 0 Å². The van der Waals surface area contributed by atoms with Gasteiger partial charge in [-0.05, 0) is 49.2 Å². The van der Waals surface area contributed by atoms with Gasteiger partial charge in [-0.1, -0.05) is 17.7 Å². The van der Waals surface area contributed by atoms with Gasteiger partial charge < -0.3 is 14.7 Å². The maximum atomic E-state index is 13.0. The molecule has 3 amide bonds. The first-order valence-electron chi connectivity index (χ1n) is 13.0. The highest BCUT2D eigenvalue weighted by atomic mass is 16.2. The first-order chi connectivity index (χ1) is 17.4. The first-order valence-corrected chi connectivity index (χ1v) is 13.0. The average molecular weight is 488 g/mol. The van der Waals surface area contributed by atoms with Gasteiger partial charge in [-0.2, -0.15) is 0 Å². The van der Waals surface area contributed by atoms with E-state index in [4.69, 9.17) is 0 Å². The van der Waals surface area contributed by atoms with Crippen LogP contribution in [0, 0.1) is 12.8 Å². The van der Waals surface area contributed by atoms with E-state index in [1.54, 1.807) is 4.90 Å². The van der Waals surface area contributed by atoms with Crippen molar-refractivity contribution in [2.24, 2.45) is 5.92 Å². The molecule has 8 nitrogen and oxygen atoms in total. The Morgan fingerprint density at radius 3 is 2.33 bits per heavy atom. The van der Waals surface area contributed by atoms with Crippen LogP contribution in [0.3, 0.4) is 0 Å². The van der Waals surface area contributed by atoms with E-state index in [0.29, 0.717) is 18.5 Å². The summed E-state index contributed by atoms with van der Waals surface area (Å²) in [6.07, 6.45) is 0.667. The number of carbonyl (C=O) groups excluding carboxylic acids is 3. The molecular formula is C28H33N5O3. The number of nitrogens with one attached hydrogen (secondary N) is 1. The van der Waals surface area contributed by atoms with E-state index in [2.05, 4.69) is 57.3 Å². The normalized spacial score (nSPS) is 23.1. The lowest BCUT2D eigenvalue weighted by molar-refractivity contribution is -0.136. The predicted octanol–water partition coefficient (Wildman–Crippen LogP) is 2.01. The molecule has 4 heterocycles. The molecule has 0 radical (unpaired) electrons. The second-order valence-electron chi connectivity index (χ2n) is 10.6. The number of rotatable bonds is 5. The predicted molar refractivity (Wildman–Crippen MR) is 138 cm³/mol. The summed E-state index contributed by atoms with van der Waals surface area (Å²) in [5, 5.41) is 2.37. The van der Waals surface area contributed by atoms with E-state index < -0.39 is 6.04 Å². The highest BCUT2D eigenvalue weighted by Gasteiger charge is 2.39. The number of piperazine rings is 1. The summed E-state index contributed by atoms with van der Waals surface area (Å²) in [5.41, 5.74) is 5.41. The molecule has 0 aliphatic carbocycles. The van der Waals surface area contributed by atoms with E-state index in [-0.39, 0.29) is 24.1 Å². The van der Waals surface area contributed by atoms with Gasteiger partial charge in [0.2, 0.25) is 11.8 Å². The molecule has 3 saturated heterocycles. The number of benzene rings is 2. The average Bonchev–Trinajstić information content (AvgIpc) is 3.18. The summed E-state index contributed by atoms with van der Waals surface area (Å²) in [6, 6.07) is 14.3. The zero-order chi connectivity index (χ0) is 24.8. The minimum atomic E-state index is -0.567. The highest BCUT2D eigenvalue weighted by Crippen LogP contribution is 2.31. The van der Waals surface area contributed by atoms with Crippen LogP contribution in [0.1, 0.15) is 34.3 Å². The molecule has 0 spiro atoms. The van der Waals surface area contributed by atoms with Gasteiger partial charge >= 0.3 is 0 Å². The second kappa shape index (κ2) is 9.24. The molecule has 8 heteroatoms. The molecule has 4 aliphatic heterocycles. The van der Waals surface area contributed by atoms with E-state index in [0.717, 1.165) is 63.0 Å². The maximum absolute atomic E-state index is 13.0. The molecule has 6 rings (SSSR count). The van der Waals surface area contributed by atoms with Gasteiger partial charge in [0, 0.05) is 81.6 Å². The Hall–Kier alpha value is -3.39. The number of aryl methyl sites for hydroxylation is 1. The summed E-state index contributed by atoms with van der Waals surface area (Å²) < 4.78 is 0. The summed E-state index contributed by atoms with van der Waals surface area (Å²) in [5.74, 6) is -0.0156. The summed E-state index contributed by atoms with van der Waals surface area (Å²) in [4.78, 5) is 45.8. The lowest BCUT2D eigenvalue weighted by Crippen LogP contribution is -2.55. The van der Waals surface area contributed by atoms with Gasteiger partial charge in [-0.15, -0.1) is 0 Å². The molecule has 4 aliphatic rings. The Kier molecular flexibility index (Phi) is 5.91.